The minimum Gasteiger partial charge on any atom is -0.288 e. The number of nitrogens with zero attached hydrogens (tertiary/aromatic N) is 1. The van der Waals surface area contributed by atoms with Crippen LogP contribution in [0.1, 0.15) is 45.4 Å². The summed E-state index contributed by atoms with van der Waals surface area (Å²) in [6, 6.07) is 0.497. The molecule has 1 fully saturated rings. The van der Waals surface area contributed by atoms with Gasteiger partial charge in [-0.2, -0.15) is 0 Å². The second kappa shape index (κ2) is 5.48. The Labute approximate surface area is 97.9 Å². The molecule has 1 aliphatic carbocycles. The molecule has 2 atom stereocenters. The Morgan fingerprint density at radius 1 is 1.31 bits per heavy atom. The number of hydrogen-bond donors (Lipinski definition) is 1. The summed E-state index contributed by atoms with van der Waals surface area (Å²) >= 11 is 0. The largest absolute Gasteiger partial charge is 0.288 e. The number of amides is 1. The molecule has 2 unspecified atom stereocenters. The molecule has 16 heavy (non-hydrogen) atoms. The number of piperidine rings is 1. The van der Waals surface area contributed by atoms with Crippen molar-refractivity contribution in [1.82, 2.24) is 10.4 Å². The zero-order chi connectivity index (χ0) is 11.4. The molecular weight excluding hydrogens is 200 g/mol. The van der Waals surface area contributed by atoms with Crippen LogP contribution in [0.4, 0.5) is 0 Å². The van der Waals surface area contributed by atoms with Crippen molar-refractivity contribution in [2.75, 3.05) is 6.54 Å². The molecule has 2 rings (SSSR count). The number of carbonyl (C=O) groups excluding carboxylic acids is 1. The molecule has 3 nitrogen and oxygen atoms in total. The van der Waals surface area contributed by atoms with Crippen LogP contribution >= 0.6 is 0 Å². The van der Waals surface area contributed by atoms with Gasteiger partial charge in [0.25, 0.3) is 0 Å². The van der Waals surface area contributed by atoms with E-state index in [1.165, 1.54) is 19.3 Å². The molecule has 2 aliphatic rings. The Kier molecular flexibility index (Phi) is 3.99. The molecule has 0 spiro atoms. The third kappa shape index (κ3) is 2.85. The molecule has 0 aromatic rings. The van der Waals surface area contributed by atoms with Crippen molar-refractivity contribution in [3.05, 3.63) is 12.2 Å². The van der Waals surface area contributed by atoms with E-state index in [0.717, 1.165) is 25.8 Å². The maximum Gasteiger partial charge on any atom is 0.237 e. The quantitative estimate of drug-likeness (QED) is 0.727. The second-order valence-corrected chi connectivity index (χ2v) is 5.00. The van der Waals surface area contributed by atoms with E-state index >= 15 is 0 Å². The van der Waals surface area contributed by atoms with Gasteiger partial charge < -0.3 is 0 Å². The molecule has 1 aliphatic heterocycles. The van der Waals surface area contributed by atoms with E-state index in [0.29, 0.717) is 6.04 Å². The molecule has 90 valence electrons. The van der Waals surface area contributed by atoms with Gasteiger partial charge in [-0.3, -0.25) is 10.2 Å². The zero-order valence-electron chi connectivity index (χ0n) is 10.1. The molecule has 1 amide bonds. The Hall–Kier alpha value is -0.830. The lowest BCUT2D eigenvalue weighted by atomic mass is 9.94. The highest BCUT2D eigenvalue weighted by atomic mass is 16.2. The summed E-state index contributed by atoms with van der Waals surface area (Å²) in [6.07, 6.45) is 11.0. The molecule has 0 bridgehead atoms. The highest BCUT2D eigenvalue weighted by Crippen LogP contribution is 2.19. The van der Waals surface area contributed by atoms with Crippen LogP contribution in [0.15, 0.2) is 12.2 Å². The highest BCUT2D eigenvalue weighted by Gasteiger charge is 2.24. The second-order valence-electron chi connectivity index (χ2n) is 5.00. The monoisotopic (exact) mass is 222 g/mol. The lowest BCUT2D eigenvalue weighted by molar-refractivity contribution is -0.131. The maximum atomic E-state index is 12.0. The van der Waals surface area contributed by atoms with Crippen LogP contribution in [-0.4, -0.2) is 23.5 Å². The van der Waals surface area contributed by atoms with Crippen LogP contribution in [0.25, 0.3) is 0 Å². The molecule has 0 aromatic heterocycles. The summed E-state index contributed by atoms with van der Waals surface area (Å²) < 4.78 is 0. The molecule has 0 radical (unpaired) electrons. The van der Waals surface area contributed by atoms with Gasteiger partial charge >= 0.3 is 0 Å². The van der Waals surface area contributed by atoms with Gasteiger partial charge in [0.15, 0.2) is 0 Å². The fraction of sp³-hybridized carbons (Fsp3) is 0.769. The number of hydrogen-bond acceptors (Lipinski definition) is 2. The van der Waals surface area contributed by atoms with Gasteiger partial charge in [-0.1, -0.05) is 18.6 Å². The molecule has 3 heteroatoms. The smallest absolute Gasteiger partial charge is 0.237 e. The number of nitrogens with one attached hydrogen (secondary N) is 1. The van der Waals surface area contributed by atoms with Crippen molar-refractivity contribution in [2.45, 2.75) is 51.5 Å². The normalized spacial score (nSPS) is 31.3. The number of carbonyl (C=O) groups is 1. The lowest BCUT2D eigenvalue weighted by Gasteiger charge is -2.34. The third-order valence-electron chi connectivity index (χ3n) is 3.70. The summed E-state index contributed by atoms with van der Waals surface area (Å²) in [6.45, 7) is 3.20. The first kappa shape index (κ1) is 11.6. The fourth-order valence-electron chi connectivity index (χ4n) is 2.53. The third-order valence-corrected chi connectivity index (χ3v) is 3.70. The van der Waals surface area contributed by atoms with E-state index < -0.39 is 0 Å². The number of rotatable bonds is 2. The average molecular weight is 222 g/mol. The first-order chi connectivity index (χ1) is 7.77. The molecule has 1 heterocycles. The van der Waals surface area contributed by atoms with E-state index in [1.807, 2.05) is 0 Å². The van der Waals surface area contributed by atoms with Gasteiger partial charge in [-0.05, 0) is 39.0 Å². The fourth-order valence-corrected chi connectivity index (χ4v) is 2.53. The van der Waals surface area contributed by atoms with E-state index in [2.05, 4.69) is 29.5 Å². The summed E-state index contributed by atoms with van der Waals surface area (Å²) in [5, 5.41) is 2.13. The summed E-state index contributed by atoms with van der Waals surface area (Å²) in [5.41, 5.74) is 3.10. The van der Waals surface area contributed by atoms with Crippen LogP contribution in [0.5, 0.6) is 0 Å². The van der Waals surface area contributed by atoms with Crippen LogP contribution in [0.3, 0.4) is 0 Å². The number of hydrazine groups is 1. The van der Waals surface area contributed by atoms with Crippen LogP contribution < -0.4 is 5.43 Å². The highest BCUT2D eigenvalue weighted by molar-refractivity contribution is 5.78. The Morgan fingerprint density at radius 2 is 2.19 bits per heavy atom. The van der Waals surface area contributed by atoms with Crippen molar-refractivity contribution in [3.63, 3.8) is 0 Å². The van der Waals surface area contributed by atoms with Gasteiger partial charge in [0.1, 0.15) is 0 Å². The first-order valence-electron chi connectivity index (χ1n) is 6.49. The van der Waals surface area contributed by atoms with Crippen molar-refractivity contribution in [1.29, 1.82) is 0 Å². The SMILES string of the molecule is CC1CCCCN1NC(=O)C1CC=CCC1. The van der Waals surface area contributed by atoms with Gasteiger partial charge in [-0.25, -0.2) is 5.01 Å². The molecular formula is C13H22N2O. The first-order valence-corrected chi connectivity index (χ1v) is 6.49. The zero-order valence-corrected chi connectivity index (χ0v) is 10.1. The van der Waals surface area contributed by atoms with Gasteiger partial charge in [-0.15, -0.1) is 0 Å². The van der Waals surface area contributed by atoms with Crippen molar-refractivity contribution < 1.29 is 4.79 Å². The van der Waals surface area contributed by atoms with E-state index in [4.69, 9.17) is 0 Å². The van der Waals surface area contributed by atoms with Crippen LogP contribution in [0, 0.1) is 5.92 Å². The number of allylic oxidation sites excluding steroid dienone is 2. The Balaban J connectivity index is 1.83. The summed E-state index contributed by atoms with van der Waals surface area (Å²) in [7, 11) is 0. The average Bonchev–Trinajstić information content (AvgIpc) is 2.33. The van der Waals surface area contributed by atoms with Gasteiger partial charge in [0.2, 0.25) is 5.91 Å². The van der Waals surface area contributed by atoms with E-state index in [9.17, 15) is 4.79 Å². The lowest BCUT2D eigenvalue weighted by Crippen LogP contribution is -2.51. The van der Waals surface area contributed by atoms with Crippen LogP contribution in [0.2, 0.25) is 0 Å². The van der Waals surface area contributed by atoms with E-state index in [-0.39, 0.29) is 11.8 Å². The van der Waals surface area contributed by atoms with Crippen molar-refractivity contribution in [2.24, 2.45) is 5.92 Å². The maximum absolute atomic E-state index is 12.0. The van der Waals surface area contributed by atoms with Gasteiger partial charge in [0.05, 0.1) is 0 Å². The minimum atomic E-state index is 0.194. The molecule has 0 saturated carbocycles. The van der Waals surface area contributed by atoms with Crippen molar-refractivity contribution >= 4 is 5.91 Å². The summed E-state index contributed by atoms with van der Waals surface area (Å²) in [4.78, 5) is 12.0. The molecule has 0 aromatic carbocycles. The minimum absolute atomic E-state index is 0.194. The van der Waals surface area contributed by atoms with E-state index in [1.54, 1.807) is 0 Å². The topological polar surface area (TPSA) is 32.3 Å². The molecule has 1 saturated heterocycles. The standard InChI is InChI=1S/C13H22N2O/c1-11-7-5-6-10-15(11)14-13(16)12-8-3-2-4-9-12/h2-3,11-12H,4-10H2,1H3,(H,14,16). The Bertz CT molecular complexity index is 275. The van der Waals surface area contributed by atoms with Gasteiger partial charge in [0, 0.05) is 18.5 Å². The Morgan fingerprint density at radius 3 is 2.88 bits per heavy atom. The van der Waals surface area contributed by atoms with Crippen LogP contribution in [-0.2, 0) is 4.79 Å². The summed E-state index contributed by atoms with van der Waals surface area (Å²) in [5.74, 6) is 0.414. The van der Waals surface area contributed by atoms with Crippen molar-refractivity contribution in [3.8, 4) is 0 Å². The predicted octanol–water partition coefficient (Wildman–Crippen LogP) is 2.25. The predicted molar refractivity (Wildman–Crippen MR) is 64.6 cm³/mol. The molecule has 1 N–H and O–H groups in total.